The first-order valence-corrected chi connectivity index (χ1v) is 9.37. The third-order valence-corrected chi connectivity index (χ3v) is 5.55. The molecule has 1 aromatic carbocycles. The molecule has 4 nitrogen and oxygen atoms in total. The molecule has 136 valence electrons. The average molecular weight is 378 g/mol. The van der Waals surface area contributed by atoms with Gasteiger partial charge in [-0.15, -0.1) is 0 Å². The molecular formula is C22H20ClN3O. The van der Waals surface area contributed by atoms with E-state index < -0.39 is 0 Å². The Bertz CT molecular complexity index is 1030. The maximum atomic E-state index is 12.2. The van der Waals surface area contributed by atoms with E-state index in [1.807, 2.05) is 44.3 Å². The number of carbonyl (C=O) groups is 1. The van der Waals surface area contributed by atoms with Crippen LogP contribution in [0.3, 0.4) is 0 Å². The lowest BCUT2D eigenvalue weighted by Gasteiger charge is -2.21. The largest absolute Gasteiger partial charge is 0.352 e. The van der Waals surface area contributed by atoms with Gasteiger partial charge in [-0.3, -0.25) is 14.8 Å². The summed E-state index contributed by atoms with van der Waals surface area (Å²) in [6, 6.07) is 10.1. The fourth-order valence-corrected chi connectivity index (χ4v) is 3.82. The van der Waals surface area contributed by atoms with Gasteiger partial charge in [0.05, 0.1) is 5.69 Å². The predicted molar refractivity (Wildman–Crippen MR) is 107 cm³/mol. The van der Waals surface area contributed by atoms with Crippen LogP contribution in [0.2, 0.25) is 5.02 Å². The topological polar surface area (TPSA) is 54.9 Å². The van der Waals surface area contributed by atoms with E-state index in [1.165, 1.54) is 0 Å². The highest BCUT2D eigenvalue weighted by molar-refractivity contribution is 6.32. The summed E-state index contributed by atoms with van der Waals surface area (Å²) in [5.74, 6) is -0.0408. The lowest BCUT2D eigenvalue weighted by molar-refractivity contribution is 0.0946. The number of fused-ring (bicyclic) bond motifs is 1. The van der Waals surface area contributed by atoms with Gasteiger partial charge in [0.2, 0.25) is 0 Å². The minimum absolute atomic E-state index is 0.0408. The Morgan fingerprint density at radius 3 is 2.74 bits per heavy atom. The van der Waals surface area contributed by atoms with Crippen LogP contribution < -0.4 is 5.32 Å². The van der Waals surface area contributed by atoms with Crippen LogP contribution in [0.1, 0.15) is 38.3 Å². The van der Waals surface area contributed by atoms with E-state index in [-0.39, 0.29) is 5.91 Å². The number of benzene rings is 1. The van der Waals surface area contributed by atoms with Gasteiger partial charge in [0.25, 0.3) is 5.91 Å². The third-order valence-electron chi connectivity index (χ3n) is 5.04. The van der Waals surface area contributed by atoms with E-state index in [1.54, 1.807) is 6.20 Å². The molecule has 0 unspecified atom stereocenters. The summed E-state index contributed by atoms with van der Waals surface area (Å²) >= 11 is 6.57. The molecule has 0 radical (unpaired) electrons. The van der Waals surface area contributed by atoms with E-state index in [0.29, 0.717) is 23.6 Å². The SMILES string of the molecule is Cc1cc(-c2ccc(Cc3cc4c(c(Cl)c3C)CCNC4=O)cn2)ccn1. The first-order chi connectivity index (χ1) is 13.0. The molecule has 5 heteroatoms. The molecule has 0 spiro atoms. The fourth-order valence-electron chi connectivity index (χ4n) is 3.51. The molecule has 1 N–H and O–H groups in total. The van der Waals surface area contributed by atoms with E-state index in [9.17, 15) is 4.79 Å². The summed E-state index contributed by atoms with van der Waals surface area (Å²) in [6.45, 7) is 4.63. The van der Waals surface area contributed by atoms with Crippen molar-refractivity contribution in [1.82, 2.24) is 15.3 Å². The molecule has 3 aromatic rings. The number of pyridine rings is 2. The van der Waals surface area contributed by atoms with Crippen LogP contribution in [0.15, 0.2) is 42.7 Å². The summed E-state index contributed by atoms with van der Waals surface area (Å²) in [4.78, 5) is 21.0. The standard InChI is InChI=1S/C22H20ClN3O/c1-13-9-16(5-7-24-13)20-4-3-15(12-26-20)10-17-11-19-18(21(23)14(17)2)6-8-25-22(19)27/h3-5,7,9,11-12H,6,8,10H2,1-2H3,(H,25,27). The van der Waals surface area contributed by atoms with Gasteiger partial charge in [0.15, 0.2) is 0 Å². The van der Waals surface area contributed by atoms with Gasteiger partial charge in [-0.1, -0.05) is 17.7 Å². The normalized spacial score (nSPS) is 13.2. The smallest absolute Gasteiger partial charge is 0.251 e. The molecule has 0 bridgehead atoms. The minimum Gasteiger partial charge on any atom is -0.352 e. The van der Waals surface area contributed by atoms with E-state index in [4.69, 9.17) is 11.6 Å². The highest BCUT2D eigenvalue weighted by atomic mass is 35.5. The van der Waals surface area contributed by atoms with Crippen LogP contribution in [-0.2, 0) is 12.8 Å². The van der Waals surface area contributed by atoms with E-state index >= 15 is 0 Å². The van der Waals surface area contributed by atoms with Crippen molar-refractivity contribution in [2.45, 2.75) is 26.7 Å². The van der Waals surface area contributed by atoms with Crippen molar-refractivity contribution < 1.29 is 4.79 Å². The molecule has 1 amide bonds. The Balaban J connectivity index is 1.64. The maximum Gasteiger partial charge on any atom is 0.251 e. The van der Waals surface area contributed by atoms with Crippen LogP contribution in [-0.4, -0.2) is 22.4 Å². The molecule has 3 heterocycles. The van der Waals surface area contributed by atoms with Crippen molar-refractivity contribution in [3.63, 3.8) is 0 Å². The molecule has 1 aliphatic rings. The van der Waals surface area contributed by atoms with Gasteiger partial charge in [-0.2, -0.15) is 0 Å². The van der Waals surface area contributed by atoms with Crippen molar-refractivity contribution in [2.75, 3.05) is 6.54 Å². The van der Waals surface area contributed by atoms with Crippen LogP contribution in [0.4, 0.5) is 0 Å². The predicted octanol–water partition coefficient (Wildman–Crippen LogP) is 4.29. The lowest BCUT2D eigenvalue weighted by atomic mass is 9.91. The van der Waals surface area contributed by atoms with Crippen LogP contribution in [0.5, 0.6) is 0 Å². The second-order valence-electron chi connectivity index (χ2n) is 6.92. The number of nitrogens with zero attached hydrogens (tertiary/aromatic N) is 2. The zero-order valence-corrected chi connectivity index (χ0v) is 16.1. The van der Waals surface area contributed by atoms with Gasteiger partial charge in [0.1, 0.15) is 0 Å². The van der Waals surface area contributed by atoms with Crippen molar-refractivity contribution in [1.29, 1.82) is 0 Å². The van der Waals surface area contributed by atoms with Crippen molar-refractivity contribution >= 4 is 17.5 Å². The molecule has 0 saturated heterocycles. The first-order valence-electron chi connectivity index (χ1n) is 9.00. The number of aromatic nitrogens is 2. The molecular weight excluding hydrogens is 358 g/mol. The Morgan fingerprint density at radius 2 is 2.00 bits per heavy atom. The molecule has 4 rings (SSSR count). The minimum atomic E-state index is -0.0408. The highest BCUT2D eigenvalue weighted by Gasteiger charge is 2.22. The Hall–Kier alpha value is -2.72. The molecule has 0 saturated carbocycles. The number of nitrogens with one attached hydrogen (secondary N) is 1. The van der Waals surface area contributed by atoms with Gasteiger partial charge < -0.3 is 5.32 Å². The second kappa shape index (κ2) is 7.12. The summed E-state index contributed by atoms with van der Waals surface area (Å²) in [7, 11) is 0. The molecule has 0 atom stereocenters. The van der Waals surface area contributed by atoms with Gasteiger partial charge in [-0.05, 0) is 73.2 Å². The monoisotopic (exact) mass is 377 g/mol. The van der Waals surface area contributed by atoms with Crippen molar-refractivity contribution in [3.05, 3.63) is 81.3 Å². The van der Waals surface area contributed by atoms with Gasteiger partial charge >= 0.3 is 0 Å². The molecule has 2 aromatic heterocycles. The highest BCUT2D eigenvalue weighted by Crippen LogP contribution is 2.31. The maximum absolute atomic E-state index is 12.2. The first kappa shape index (κ1) is 17.7. The summed E-state index contributed by atoms with van der Waals surface area (Å²) < 4.78 is 0. The quantitative estimate of drug-likeness (QED) is 0.740. The number of hydrogen-bond acceptors (Lipinski definition) is 3. The Morgan fingerprint density at radius 1 is 1.15 bits per heavy atom. The zero-order chi connectivity index (χ0) is 19.0. The average Bonchev–Trinajstić information content (AvgIpc) is 2.67. The number of rotatable bonds is 3. The van der Waals surface area contributed by atoms with Crippen LogP contribution in [0, 0.1) is 13.8 Å². The number of aryl methyl sites for hydroxylation is 1. The van der Waals surface area contributed by atoms with Crippen LogP contribution >= 0.6 is 11.6 Å². The number of halogens is 1. The Labute approximate surface area is 163 Å². The molecule has 0 aliphatic carbocycles. The Kier molecular flexibility index (Phi) is 4.66. The summed E-state index contributed by atoms with van der Waals surface area (Å²) in [5.41, 5.74) is 7.79. The molecule has 1 aliphatic heterocycles. The van der Waals surface area contributed by atoms with Gasteiger partial charge in [0, 0.05) is 40.8 Å². The zero-order valence-electron chi connectivity index (χ0n) is 15.3. The molecule has 27 heavy (non-hydrogen) atoms. The lowest BCUT2D eigenvalue weighted by Crippen LogP contribution is -2.32. The van der Waals surface area contributed by atoms with Crippen LogP contribution in [0.25, 0.3) is 11.3 Å². The van der Waals surface area contributed by atoms with Crippen molar-refractivity contribution in [3.8, 4) is 11.3 Å². The fraction of sp³-hybridized carbons (Fsp3) is 0.227. The third kappa shape index (κ3) is 3.45. The number of carbonyl (C=O) groups excluding carboxylic acids is 1. The number of amides is 1. The number of hydrogen-bond donors (Lipinski definition) is 1. The molecule has 0 fully saturated rings. The van der Waals surface area contributed by atoms with E-state index in [0.717, 1.165) is 45.6 Å². The summed E-state index contributed by atoms with van der Waals surface area (Å²) in [6.07, 6.45) is 5.15. The second-order valence-corrected chi connectivity index (χ2v) is 7.30. The van der Waals surface area contributed by atoms with Gasteiger partial charge in [-0.25, -0.2) is 0 Å². The van der Waals surface area contributed by atoms with E-state index in [2.05, 4.69) is 21.4 Å². The van der Waals surface area contributed by atoms with Crippen molar-refractivity contribution in [2.24, 2.45) is 0 Å². The summed E-state index contributed by atoms with van der Waals surface area (Å²) in [5, 5.41) is 3.61.